The fourth-order valence-corrected chi connectivity index (χ4v) is 2.64. The monoisotopic (exact) mass is 403 g/mol. The molecule has 0 radical (unpaired) electrons. The van der Waals surface area contributed by atoms with Crippen LogP contribution in [-0.4, -0.2) is 29.8 Å². The molecule has 5 heteroatoms. The molecule has 0 unspecified atom stereocenters. The highest BCUT2D eigenvalue weighted by Crippen LogP contribution is 2.30. The minimum absolute atomic E-state index is 0.493. The number of hydrogen-bond acceptors (Lipinski definition) is 3. The van der Waals surface area contributed by atoms with Crippen LogP contribution in [0.1, 0.15) is 43.5 Å². The predicted octanol–water partition coefficient (Wildman–Crippen LogP) is 5.47. The van der Waals surface area contributed by atoms with Gasteiger partial charge in [-0.15, -0.1) is 0 Å². The van der Waals surface area contributed by atoms with Crippen LogP contribution in [0.15, 0.2) is 39.8 Å². The highest BCUT2D eigenvalue weighted by Gasteiger charge is 2.09. The Bertz CT molecular complexity index is 744. The first-order chi connectivity index (χ1) is 11.9. The molecule has 0 aliphatic rings. The van der Waals surface area contributed by atoms with Crippen LogP contribution < -0.4 is 4.74 Å². The zero-order valence-electron chi connectivity index (χ0n) is 15.6. The number of rotatable bonds is 7. The number of nitrogens with zero attached hydrogens (tertiary/aromatic N) is 3. The summed E-state index contributed by atoms with van der Waals surface area (Å²) in [5.41, 5.74) is 4.13. The van der Waals surface area contributed by atoms with Crippen molar-refractivity contribution in [1.29, 1.82) is 0 Å². The topological polar surface area (TPSA) is 37.7 Å². The second-order valence-electron chi connectivity index (χ2n) is 6.39. The number of aliphatic imine (C=N–C) groups is 1. The van der Waals surface area contributed by atoms with Crippen LogP contribution in [0, 0.1) is 6.92 Å². The third-order valence-corrected chi connectivity index (χ3v) is 4.56. The summed E-state index contributed by atoms with van der Waals surface area (Å²) in [6.45, 7) is 9.81. The summed E-state index contributed by atoms with van der Waals surface area (Å²) < 4.78 is 6.73. The Hall–Kier alpha value is -1.88. The molecule has 25 heavy (non-hydrogen) atoms. The maximum atomic E-state index is 5.92. The average Bonchev–Trinajstić information content (AvgIpc) is 2.60. The van der Waals surface area contributed by atoms with Crippen molar-refractivity contribution in [3.63, 3.8) is 0 Å². The second-order valence-corrected chi connectivity index (χ2v) is 7.24. The lowest BCUT2D eigenvalue weighted by molar-refractivity contribution is 0.291. The van der Waals surface area contributed by atoms with E-state index in [0.717, 1.165) is 28.0 Å². The summed E-state index contributed by atoms with van der Waals surface area (Å²) >= 11 is 3.54. The fraction of sp³-hybridized carbons (Fsp3) is 0.400. The number of benzene rings is 1. The summed E-state index contributed by atoms with van der Waals surface area (Å²) in [6.07, 6.45) is 1.81. The molecule has 0 amide bonds. The van der Waals surface area contributed by atoms with Crippen LogP contribution in [0.4, 0.5) is 5.69 Å². The van der Waals surface area contributed by atoms with Gasteiger partial charge in [-0.3, -0.25) is 0 Å². The second kappa shape index (κ2) is 8.99. The normalized spacial score (nSPS) is 11.3. The maximum absolute atomic E-state index is 5.92. The van der Waals surface area contributed by atoms with E-state index in [4.69, 9.17) is 4.74 Å². The molecule has 2 aromatic rings. The first-order valence-electron chi connectivity index (χ1n) is 8.54. The summed E-state index contributed by atoms with van der Waals surface area (Å²) in [4.78, 5) is 11.0. The van der Waals surface area contributed by atoms with E-state index in [9.17, 15) is 0 Å². The Balaban J connectivity index is 2.11. The van der Waals surface area contributed by atoms with Gasteiger partial charge >= 0.3 is 0 Å². The van der Waals surface area contributed by atoms with E-state index in [1.807, 2.05) is 31.3 Å². The molecule has 0 N–H and O–H groups in total. The molecule has 0 bridgehead atoms. The van der Waals surface area contributed by atoms with Crippen LogP contribution >= 0.6 is 15.9 Å². The van der Waals surface area contributed by atoms with Crippen molar-refractivity contribution in [2.24, 2.45) is 4.99 Å². The van der Waals surface area contributed by atoms with E-state index in [0.29, 0.717) is 18.4 Å². The fourth-order valence-electron chi connectivity index (χ4n) is 2.22. The van der Waals surface area contributed by atoms with Crippen molar-refractivity contribution >= 4 is 28.0 Å². The first-order valence-corrected chi connectivity index (χ1v) is 9.33. The summed E-state index contributed by atoms with van der Waals surface area (Å²) in [5.74, 6) is 1.10. The highest BCUT2D eigenvalue weighted by molar-refractivity contribution is 9.10. The van der Waals surface area contributed by atoms with Gasteiger partial charge in [-0.25, -0.2) is 9.98 Å². The number of hydrogen-bond donors (Lipinski definition) is 0. The molecular weight excluding hydrogens is 378 g/mol. The van der Waals surface area contributed by atoms with Crippen LogP contribution in [0.2, 0.25) is 0 Å². The van der Waals surface area contributed by atoms with E-state index in [2.05, 4.69) is 70.9 Å². The number of aromatic nitrogens is 1. The SMILES string of the molecule is CCN(C)/C=N/c1cc(Br)c(OCc2cccc(C(C)C)c2)nc1C. The molecule has 0 aliphatic carbocycles. The van der Waals surface area contributed by atoms with E-state index < -0.39 is 0 Å². The number of halogens is 1. The molecule has 134 valence electrons. The Kier molecular flexibility index (Phi) is 7.00. The van der Waals surface area contributed by atoms with Gasteiger partial charge in [-0.05, 0) is 52.9 Å². The summed E-state index contributed by atoms with van der Waals surface area (Å²) in [7, 11) is 1.99. The predicted molar refractivity (Wildman–Crippen MR) is 108 cm³/mol. The molecule has 0 atom stereocenters. The van der Waals surface area contributed by atoms with Gasteiger partial charge in [0.15, 0.2) is 0 Å². The lowest BCUT2D eigenvalue weighted by Gasteiger charge is -2.12. The van der Waals surface area contributed by atoms with Crippen LogP contribution in [-0.2, 0) is 6.61 Å². The largest absolute Gasteiger partial charge is 0.472 e. The molecule has 0 fully saturated rings. The third-order valence-electron chi connectivity index (χ3n) is 3.99. The highest BCUT2D eigenvalue weighted by atomic mass is 79.9. The molecule has 0 aliphatic heterocycles. The Morgan fingerprint density at radius 2 is 2.08 bits per heavy atom. The van der Waals surface area contributed by atoms with Crippen molar-refractivity contribution < 1.29 is 4.74 Å². The summed E-state index contributed by atoms with van der Waals surface area (Å²) in [5, 5.41) is 0. The van der Waals surface area contributed by atoms with Gasteiger partial charge in [0.1, 0.15) is 6.61 Å². The van der Waals surface area contributed by atoms with Gasteiger partial charge < -0.3 is 9.64 Å². The van der Waals surface area contributed by atoms with Gasteiger partial charge in [-0.1, -0.05) is 38.1 Å². The molecule has 1 aromatic carbocycles. The standard InChI is InChI=1S/C20H26BrN3O/c1-6-24(5)13-22-19-11-18(21)20(23-15(19)4)25-12-16-8-7-9-17(10-16)14(2)3/h7-11,13-14H,6,12H2,1-5H3/b22-13+. The molecule has 0 saturated carbocycles. The molecule has 0 spiro atoms. The van der Waals surface area contributed by atoms with E-state index in [1.165, 1.54) is 5.56 Å². The van der Waals surface area contributed by atoms with E-state index >= 15 is 0 Å². The maximum Gasteiger partial charge on any atom is 0.228 e. The number of pyridine rings is 1. The number of ether oxygens (including phenoxy) is 1. The van der Waals surface area contributed by atoms with Gasteiger partial charge in [0.05, 0.1) is 22.2 Å². The summed E-state index contributed by atoms with van der Waals surface area (Å²) in [6, 6.07) is 10.4. The average molecular weight is 404 g/mol. The lowest BCUT2D eigenvalue weighted by Crippen LogP contribution is -2.14. The van der Waals surface area contributed by atoms with E-state index in [1.54, 1.807) is 0 Å². The zero-order chi connectivity index (χ0) is 18.4. The Morgan fingerprint density at radius 3 is 2.76 bits per heavy atom. The van der Waals surface area contributed by atoms with Crippen molar-refractivity contribution in [2.75, 3.05) is 13.6 Å². The number of aryl methyl sites for hydroxylation is 1. The minimum Gasteiger partial charge on any atom is -0.472 e. The molecule has 0 saturated heterocycles. The van der Waals surface area contributed by atoms with Crippen LogP contribution in [0.5, 0.6) is 5.88 Å². The molecular formula is C20H26BrN3O. The smallest absolute Gasteiger partial charge is 0.228 e. The Labute approximate surface area is 159 Å². The van der Waals surface area contributed by atoms with Gasteiger partial charge in [0.2, 0.25) is 5.88 Å². The van der Waals surface area contributed by atoms with Crippen molar-refractivity contribution in [2.45, 2.75) is 40.2 Å². The molecule has 2 rings (SSSR count). The van der Waals surface area contributed by atoms with Crippen molar-refractivity contribution in [3.8, 4) is 5.88 Å². The van der Waals surface area contributed by atoms with Crippen molar-refractivity contribution in [3.05, 3.63) is 51.6 Å². The first kappa shape index (κ1) is 19.4. The molecule has 1 heterocycles. The quantitative estimate of drug-likeness (QED) is 0.454. The third kappa shape index (κ3) is 5.56. The molecule has 4 nitrogen and oxygen atoms in total. The van der Waals surface area contributed by atoms with Crippen LogP contribution in [0.3, 0.4) is 0 Å². The van der Waals surface area contributed by atoms with Gasteiger partial charge in [0, 0.05) is 13.6 Å². The van der Waals surface area contributed by atoms with Gasteiger partial charge in [-0.2, -0.15) is 0 Å². The Morgan fingerprint density at radius 1 is 1.32 bits per heavy atom. The minimum atomic E-state index is 0.493. The van der Waals surface area contributed by atoms with Crippen molar-refractivity contribution in [1.82, 2.24) is 9.88 Å². The van der Waals surface area contributed by atoms with Crippen LogP contribution in [0.25, 0.3) is 0 Å². The zero-order valence-corrected chi connectivity index (χ0v) is 17.2. The molecule has 1 aromatic heterocycles. The lowest BCUT2D eigenvalue weighted by atomic mass is 10.0. The van der Waals surface area contributed by atoms with E-state index in [-0.39, 0.29) is 0 Å². The van der Waals surface area contributed by atoms with Gasteiger partial charge in [0.25, 0.3) is 0 Å².